The minimum atomic E-state index is 0. The Labute approximate surface area is 80.8 Å². The Kier molecular flexibility index (Phi) is 20.3. The lowest BCUT2D eigenvalue weighted by Crippen LogP contribution is -1.97. The zero-order chi connectivity index (χ0) is 7.82. The van der Waals surface area contributed by atoms with Crippen molar-refractivity contribution < 1.29 is 0 Å². The van der Waals surface area contributed by atoms with Crippen LogP contribution in [0.25, 0.3) is 0 Å². The van der Waals surface area contributed by atoms with E-state index in [-0.39, 0.29) is 14.9 Å². The molecule has 12 heavy (non-hydrogen) atoms. The van der Waals surface area contributed by atoms with Crippen molar-refractivity contribution in [3.8, 4) is 0 Å². The van der Waals surface area contributed by atoms with Gasteiger partial charge < -0.3 is 0 Å². The maximum Gasteiger partial charge on any atom is -0.0417 e. The summed E-state index contributed by atoms with van der Waals surface area (Å²) >= 11 is 0. The Morgan fingerprint density at radius 2 is 1.42 bits per heavy atom. The van der Waals surface area contributed by atoms with Crippen molar-refractivity contribution in [2.45, 2.75) is 74.1 Å². The molecule has 0 aromatic rings. The Balaban J connectivity index is -0.000000405. The van der Waals surface area contributed by atoms with E-state index in [1.807, 2.05) is 0 Å². The molecule has 1 unspecified atom stereocenters. The summed E-state index contributed by atoms with van der Waals surface area (Å²) in [6.45, 7) is 6.88. The normalized spacial score (nSPS) is 11.2. The van der Waals surface area contributed by atoms with E-state index in [2.05, 4.69) is 20.8 Å². The van der Waals surface area contributed by atoms with Gasteiger partial charge in [-0.2, -0.15) is 0 Å². The summed E-state index contributed by atoms with van der Waals surface area (Å²) in [6, 6.07) is 0. The first-order valence-corrected chi connectivity index (χ1v) is 4.85. The molecule has 0 aliphatic carbocycles. The van der Waals surface area contributed by atoms with Crippen molar-refractivity contribution in [1.82, 2.24) is 0 Å². The SMILES string of the molecule is C.C.CCCCC(CC)CCC. The molecule has 0 N–H and O–H groups in total. The van der Waals surface area contributed by atoms with Gasteiger partial charge in [-0.3, -0.25) is 0 Å². The summed E-state index contributed by atoms with van der Waals surface area (Å²) in [5.41, 5.74) is 0. The van der Waals surface area contributed by atoms with Crippen LogP contribution in [0.4, 0.5) is 0 Å². The first-order chi connectivity index (χ1) is 4.85. The molecular formula is C12H30. The van der Waals surface area contributed by atoms with Gasteiger partial charge in [-0.1, -0.05) is 74.1 Å². The fourth-order valence-electron chi connectivity index (χ4n) is 1.45. The van der Waals surface area contributed by atoms with Gasteiger partial charge in [0.2, 0.25) is 0 Å². The summed E-state index contributed by atoms with van der Waals surface area (Å²) in [5, 5.41) is 0. The van der Waals surface area contributed by atoms with E-state index in [4.69, 9.17) is 0 Å². The first-order valence-electron chi connectivity index (χ1n) is 4.85. The van der Waals surface area contributed by atoms with Gasteiger partial charge in [0.25, 0.3) is 0 Å². The van der Waals surface area contributed by atoms with Gasteiger partial charge >= 0.3 is 0 Å². The van der Waals surface area contributed by atoms with Crippen LogP contribution in [0.2, 0.25) is 0 Å². The van der Waals surface area contributed by atoms with Crippen LogP contribution in [0, 0.1) is 5.92 Å². The maximum atomic E-state index is 2.32. The van der Waals surface area contributed by atoms with Crippen LogP contribution in [0.5, 0.6) is 0 Å². The molecule has 0 spiro atoms. The van der Waals surface area contributed by atoms with Crippen molar-refractivity contribution in [2.24, 2.45) is 5.92 Å². The smallest absolute Gasteiger partial charge is 0.0417 e. The van der Waals surface area contributed by atoms with Crippen LogP contribution in [0.15, 0.2) is 0 Å². The Morgan fingerprint density at radius 3 is 1.75 bits per heavy atom. The average Bonchev–Trinajstić information content (AvgIpc) is 1.98. The molecule has 0 aliphatic rings. The van der Waals surface area contributed by atoms with Gasteiger partial charge in [0.15, 0.2) is 0 Å². The van der Waals surface area contributed by atoms with Crippen LogP contribution < -0.4 is 0 Å². The molecule has 0 heterocycles. The Hall–Kier alpha value is 0. The Morgan fingerprint density at radius 1 is 0.833 bits per heavy atom. The van der Waals surface area contributed by atoms with Gasteiger partial charge in [-0.15, -0.1) is 0 Å². The molecule has 0 saturated carbocycles. The highest BCUT2D eigenvalue weighted by molar-refractivity contribution is 4.55. The monoisotopic (exact) mass is 174 g/mol. The van der Waals surface area contributed by atoms with Gasteiger partial charge in [0.05, 0.1) is 0 Å². The van der Waals surface area contributed by atoms with Crippen LogP contribution in [-0.4, -0.2) is 0 Å². The molecule has 0 rings (SSSR count). The standard InChI is InChI=1S/C10H22.2CH4/c1-4-7-9-10(6-3)8-5-2;;/h10H,4-9H2,1-3H3;2*1H4. The minimum absolute atomic E-state index is 0. The molecule has 0 heteroatoms. The highest BCUT2D eigenvalue weighted by Crippen LogP contribution is 2.17. The molecule has 1 atom stereocenters. The van der Waals surface area contributed by atoms with E-state index in [0.29, 0.717) is 0 Å². The largest absolute Gasteiger partial charge is 0.0776 e. The summed E-state index contributed by atoms with van der Waals surface area (Å²) in [4.78, 5) is 0. The van der Waals surface area contributed by atoms with Crippen LogP contribution in [0.1, 0.15) is 74.1 Å². The number of rotatable bonds is 6. The number of hydrogen-bond acceptors (Lipinski definition) is 0. The topological polar surface area (TPSA) is 0 Å². The van der Waals surface area contributed by atoms with Crippen LogP contribution >= 0.6 is 0 Å². The molecule has 0 fully saturated rings. The lowest BCUT2D eigenvalue weighted by Gasteiger charge is -2.11. The maximum absolute atomic E-state index is 2.32. The second kappa shape index (κ2) is 13.6. The second-order valence-corrected chi connectivity index (χ2v) is 3.21. The van der Waals surface area contributed by atoms with Gasteiger partial charge in [-0.25, -0.2) is 0 Å². The molecule has 0 aromatic heterocycles. The molecule has 0 aliphatic heterocycles. The van der Waals surface area contributed by atoms with E-state index < -0.39 is 0 Å². The molecule has 0 saturated heterocycles. The van der Waals surface area contributed by atoms with E-state index in [0.717, 1.165) is 5.92 Å². The van der Waals surface area contributed by atoms with Crippen molar-refractivity contribution in [2.75, 3.05) is 0 Å². The summed E-state index contributed by atoms with van der Waals surface area (Å²) < 4.78 is 0. The zero-order valence-electron chi connectivity index (χ0n) is 7.82. The van der Waals surface area contributed by atoms with E-state index in [1.54, 1.807) is 0 Å². The van der Waals surface area contributed by atoms with E-state index >= 15 is 0 Å². The lowest BCUT2D eigenvalue weighted by molar-refractivity contribution is 0.417. The van der Waals surface area contributed by atoms with Crippen molar-refractivity contribution in [3.05, 3.63) is 0 Å². The van der Waals surface area contributed by atoms with Crippen LogP contribution in [0.3, 0.4) is 0 Å². The summed E-state index contributed by atoms with van der Waals surface area (Å²) in [7, 11) is 0. The van der Waals surface area contributed by atoms with E-state index in [1.165, 1.54) is 38.5 Å². The quantitative estimate of drug-likeness (QED) is 0.514. The summed E-state index contributed by atoms with van der Waals surface area (Å²) in [6.07, 6.45) is 8.44. The third-order valence-corrected chi connectivity index (χ3v) is 2.24. The van der Waals surface area contributed by atoms with Crippen molar-refractivity contribution in [1.29, 1.82) is 0 Å². The lowest BCUT2D eigenvalue weighted by atomic mass is 9.95. The fourth-order valence-corrected chi connectivity index (χ4v) is 1.45. The zero-order valence-corrected chi connectivity index (χ0v) is 7.82. The predicted molar refractivity (Wildman–Crippen MR) is 61.7 cm³/mol. The van der Waals surface area contributed by atoms with E-state index in [9.17, 15) is 0 Å². The minimum Gasteiger partial charge on any atom is -0.0776 e. The van der Waals surface area contributed by atoms with Crippen LogP contribution in [-0.2, 0) is 0 Å². The molecule has 0 amide bonds. The Bertz CT molecular complexity index is 57.1. The van der Waals surface area contributed by atoms with Gasteiger partial charge in [0, 0.05) is 0 Å². The molecule has 0 bridgehead atoms. The average molecular weight is 174 g/mol. The highest BCUT2D eigenvalue weighted by Gasteiger charge is 2.02. The predicted octanol–water partition coefficient (Wildman–Crippen LogP) is 5.28. The molecule has 0 aromatic carbocycles. The van der Waals surface area contributed by atoms with Gasteiger partial charge in [-0.05, 0) is 5.92 Å². The number of hydrogen-bond donors (Lipinski definition) is 0. The van der Waals surface area contributed by atoms with Crippen molar-refractivity contribution >= 4 is 0 Å². The fraction of sp³-hybridized carbons (Fsp3) is 1.00. The first kappa shape index (κ1) is 17.9. The number of unbranched alkanes of at least 4 members (excludes halogenated alkanes) is 1. The molecule has 78 valence electrons. The molecular weight excluding hydrogens is 144 g/mol. The second-order valence-electron chi connectivity index (χ2n) is 3.21. The summed E-state index contributed by atoms with van der Waals surface area (Å²) in [5.74, 6) is 1.02. The third kappa shape index (κ3) is 10.0. The molecule has 0 radical (unpaired) electrons. The molecule has 0 nitrogen and oxygen atoms in total. The highest BCUT2D eigenvalue weighted by atomic mass is 14.1. The van der Waals surface area contributed by atoms with Gasteiger partial charge in [0.1, 0.15) is 0 Å². The third-order valence-electron chi connectivity index (χ3n) is 2.24. The van der Waals surface area contributed by atoms with Crippen molar-refractivity contribution in [3.63, 3.8) is 0 Å².